The SMILES string of the molecule is CCOc1ccc(CNC(=O)c2ccc(C)c(NC(=O)c3nsc4ccccc34)c2)cc1OC. The lowest BCUT2D eigenvalue weighted by Gasteiger charge is -2.12. The number of anilines is 1. The molecule has 1 heterocycles. The van der Waals surface area contributed by atoms with Crippen molar-refractivity contribution in [3.63, 3.8) is 0 Å². The zero-order valence-electron chi connectivity index (χ0n) is 19.2. The lowest BCUT2D eigenvalue weighted by Crippen LogP contribution is -2.23. The first-order valence-corrected chi connectivity index (χ1v) is 11.6. The second-order valence-corrected chi connectivity index (χ2v) is 8.42. The zero-order chi connectivity index (χ0) is 24.1. The molecule has 174 valence electrons. The second kappa shape index (κ2) is 10.4. The summed E-state index contributed by atoms with van der Waals surface area (Å²) in [5.74, 6) is 0.720. The summed E-state index contributed by atoms with van der Waals surface area (Å²) in [4.78, 5) is 25.7. The van der Waals surface area contributed by atoms with Crippen LogP contribution in [0, 0.1) is 6.92 Å². The smallest absolute Gasteiger partial charge is 0.276 e. The van der Waals surface area contributed by atoms with Crippen molar-refractivity contribution in [1.82, 2.24) is 9.69 Å². The van der Waals surface area contributed by atoms with Crippen LogP contribution >= 0.6 is 11.5 Å². The number of aryl methyl sites for hydroxylation is 1. The molecular formula is C26H25N3O4S. The molecule has 0 bridgehead atoms. The van der Waals surface area contributed by atoms with Gasteiger partial charge in [-0.05, 0) is 66.8 Å². The van der Waals surface area contributed by atoms with Gasteiger partial charge in [0.2, 0.25) is 0 Å². The van der Waals surface area contributed by atoms with E-state index in [2.05, 4.69) is 15.0 Å². The Morgan fingerprint density at radius 3 is 2.62 bits per heavy atom. The van der Waals surface area contributed by atoms with Gasteiger partial charge in [0, 0.05) is 23.2 Å². The van der Waals surface area contributed by atoms with Crippen molar-refractivity contribution in [2.45, 2.75) is 20.4 Å². The lowest BCUT2D eigenvalue weighted by atomic mass is 10.1. The minimum absolute atomic E-state index is 0.248. The van der Waals surface area contributed by atoms with Gasteiger partial charge in [-0.1, -0.05) is 30.3 Å². The Bertz CT molecular complexity index is 1350. The molecule has 0 spiro atoms. The number of carbonyl (C=O) groups is 2. The summed E-state index contributed by atoms with van der Waals surface area (Å²) in [5, 5.41) is 6.62. The number of carbonyl (C=O) groups excluding carboxylic acids is 2. The molecule has 8 heteroatoms. The van der Waals surface area contributed by atoms with Gasteiger partial charge in [-0.15, -0.1) is 0 Å². The summed E-state index contributed by atoms with van der Waals surface area (Å²) >= 11 is 1.28. The molecule has 0 aliphatic rings. The average molecular weight is 476 g/mol. The molecule has 2 N–H and O–H groups in total. The number of fused-ring (bicyclic) bond motifs is 1. The van der Waals surface area contributed by atoms with Gasteiger partial charge >= 0.3 is 0 Å². The van der Waals surface area contributed by atoms with E-state index in [1.54, 1.807) is 19.2 Å². The minimum atomic E-state index is -0.306. The number of rotatable bonds is 8. The normalized spacial score (nSPS) is 10.7. The molecule has 4 rings (SSSR count). The van der Waals surface area contributed by atoms with Crippen molar-refractivity contribution in [2.24, 2.45) is 0 Å². The molecule has 0 saturated heterocycles. The number of methoxy groups -OCH3 is 1. The highest BCUT2D eigenvalue weighted by Crippen LogP contribution is 2.28. The minimum Gasteiger partial charge on any atom is -0.493 e. The molecule has 0 aliphatic carbocycles. The van der Waals surface area contributed by atoms with Crippen molar-refractivity contribution in [2.75, 3.05) is 19.0 Å². The van der Waals surface area contributed by atoms with E-state index in [0.717, 1.165) is 21.2 Å². The Kier molecular flexibility index (Phi) is 7.08. The zero-order valence-corrected chi connectivity index (χ0v) is 20.0. The molecule has 34 heavy (non-hydrogen) atoms. The number of aromatic nitrogens is 1. The van der Waals surface area contributed by atoms with Crippen molar-refractivity contribution in [1.29, 1.82) is 0 Å². The molecule has 0 atom stereocenters. The van der Waals surface area contributed by atoms with E-state index in [1.807, 2.05) is 62.4 Å². The third-order valence-corrected chi connectivity index (χ3v) is 6.15. The number of hydrogen-bond donors (Lipinski definition) is 2. The predicted octanol–water partition coefficient (Wildman–Crippen LogP) is 5.19. The van der Waals surface area contributed by atoms with Crippen molar-refractivity contribution in [3.8, 4) is 11.5 Å². The van der Waals surface area contributed by atoms with Gasteiger partial charge in [-0.25, -0.2) is 0 Å². The maximum absolute atomic E-state index is 12.9. The Morgan fingerprint density at radius 1 is 1.00 bits per heavy atom. The highest BCUT2D eigenvalue weighted by atomic mass is 32.1. The summed E-state index contributed by atoms with van der Waals surface area (Å²) in [6.45, 7) is 4.65. The van der Waals surface area contributed by atoms with Crippen molar-refractivity contribution in [3.05, 3.63) is 83.0 Å². The summed E-state index contributed by atoms with van der Waals surface area (Å²) in [6.07, 6.45) is 0. The number of amides is 2. The predicted molar refractivity (Wildman–Crippen MR) is 134 cm³/mol. The molecule has 2 amide bonds. The van der Waals surface area contributed by atoms with Crippen LogP contribution in [0.1, 0.15) is 38.9 Å². The van der Waals surface area contributed by atoms with Gasteiger partial charge < -0.3 is 20.1 Å². The Balaban J connectivity index is 1.46. The van der Waals surface area contributed by atoms with Gasteiger partial charge in [0.15, 0.2) is 11.5 Å². The molecular weight excluding hydrogens is 450 g/mol. The monoisotopic (exact) mass is 475 g/mol. The van der Waals surface area contributed by atoms with Crippen LogP contribution in [0.5, 0.6) is 11.5 Å². The fraction of sp³-hybridized carbons (Fsp3) is 0.192. The highest BCUT2D eigenvalue weighted by molar-refractivity contribution is 7.13. The number of nitrogens with one attached hydrogen (secondary N) is 2. The topological polar surface area (TPSA) is 89.6 Å². The first-order chi connectivity index (χ1) is 16.5. The second-order valence-electron chi connectivity index (χ2n) is 7.61. The van der Waals surface area contributed by atoms with Crippen LogP contribution in [0.2, 0.25) is 0 Å². The third-order valence-electron chi connectivity index (χ3n) is 5.32. The number of ether oxygens (including phenoxy) is 2. The maximum atomic E-state index is 12.9. The first-order valence-electron chi connectivity index (χ1n) is 10.8. The van der Waals surface area contributed by atoms with Gasteiger partial charge in [0.25, 0.3) is 11.8 Å². The van der Waals surface area contributed by atoms with Crippen LogP contribution in [0.3, 0.4) is 0 Å². The largest absolute Gasteiger partial charge is 0.493 e. The Morgan fingerprint density at radius 2 is 1.82 bits per heavy atom. The van der Waals surface area contributed by atoms with E-state index in [-0.39, 0.29) is 11.8 Å². The van der Waals surface area contributed by atoms with Crippen molar-refractivity contribution >= 4 is 39.1 Å². The molecule has 7 nitrogen and oxygen atoms in total. The van der Waals surface area contributed by atoms with Gasteiger partial charge in [-0.2, -0.15) is 4.37 Å². The molecule has 0 saturated carbocycles. The summed E-state index contributed by atoms with van der Waals surface area (Å²) in [6, 6.07) is 18.4. The lowest BCUT2D eigenvalue weighted by molar-refractivity contribution is 0.0949. The fourth-order valence-corrected chi connectivity index (χ4v) is 4.28. The molecule has 0 unspecified atom stereocenters. The molecule has 4 aromatic rings. The van der Waals surface area contributed by atoms with Crippen LogP contribution in [-0.4, -0.2) is 29.9 Å². The molecule has 0 aliphatic heterocycles. The summed E-state index contributed by atoms with van der Waals surface area (Å²) in [5.41, 5.74) is 3.11. The summed E-state index contributed by atoms with van der Waals surface area (Å²) < 4.78 is 16.2. The number of nitrogens with zero attached hydrogens (tertiary/aromatic N) is 1. The van der Waals surface area contributed by atoms with Crippen LogP contribution < -0.4 is 20.1 Å². The Hall–Kier alpha value is -3.91. The third kappa shape index (κ3) is 5.02. The fourth-order valence-electron chi connectivity index (χ4n) is 3.51. The maximum Gasteiger partial charge on any atom is 0.276 e. The molecule has 0 fully saturated rings. The van der Waals surface area contributed by atoms with E-state index < -0.39 is 0 Å². The van der Waals surface area contributed by atoms with Crippen LogP contribution in [0.15, 0.2) is 60.7 Å². The van der Waals surface area contributed by atoms with Crippen molar-refractivity contribution < 1.29 is 19.1 Å². The standard InChI is InChI=1S/C26H25N3O4S/c1-4-33-21-12-10-17(13-22(21)32-3)15-27-25(30)18-11-9-16(2)20(14-18)28-26(31)24-19-7-5-6-8-23(19)34-29-24/h5-14H,4,15H2,1-3H3,(H,27,30)(H,28,31). The van der Waals surface area contributed by atoms with E-state index in [9.17, 15) is 9.59 Å². The van der Waals surface area contributed by atoms with E-state index in [0.29, 0.717) is 41.6 Å². The molecule has 0 radical (unpaired) electrons. The number of hydrogen-bond acceptors (Lipinski definition) is 6. The first kappa shape index (κ1) is 23.3. The van der Waals surface area contributed by atoms with E-state index in [1.165, 1.54) is 11.5 Å². The van der Waals surface area contributed by atoms with E-state index in [4.69, 9.17) is 9.47 Å². The van der Waals surface area contributed by atoms with Crippen LogP contribution in [0.4, 0.5) is 5.69 Å². The van der Waals surface area contributed by atoms with Gasteiger partial charge in [-0.3, -0.25) is 9.59 Å². The highest BCUT2D eigenvalue weighted by Gasteiger charge is 2.16. The average Bonchev–Trinajstić information content (AvgIpc) is 3.29. The quantitative estimate of drug-likeness (QED) is 0.366. The molecule has 1 aromatic heterocycles. The van der Waals surface area contributed by atoms with Crippen LogP contribution in [-0.2, 0) is 6.54 Å². The van der Waals surface area contributed by atoms with E-state index >= 15 is 0 Å². The van der Waals surface area contributed by atoms with Gasteiger partial charge in [0.05, 0.1) is 18.4 Å². The summed E-state index contributed by atoms with van der Waals surface area (Å²) in [7, 11) is 1.58. The molecule has 3 aromatic carbocycles. The number of benzene rings is 3. The van der Waals surface area contributed by atoms with Gasteiger partial charge in [0.1, 0.15) is 5.69 Å². The van der Waals surface area contributed by atoms with Crippen LogP contribution in [0.25, 0.3) is 10.1 Å². The Labute approximate surface area is 201 Å².